The summed E-state index contributed by atoms with van der Waals surface area (Å²) >= 11 is 11.5. The quantitative estimate of drug-likeness (QED) is 0.622. The molecule has 0 saturated heterocycles. The second-order valence-corrected chi connectivity index (χ2v) is 4.27. The molecule has 2 radical (unpaired) electrons. The van der Waals surface area contributed by atoms with Gasteiger partial charge in [-0.3, -0.25) is 0 Å². The predicted molar refractivity (Wildman–Crippen MR) is 66.4 cm³/mol. The fourth-order valence-corrected chi connectivity index (χ4v) is 1.77. The van der Waals surface area contributed by atoms with Crippen LogP contribution in [-0.2, 0) is 15.2 Å². The first-order valence-electron chi connectivity index (χ1n) is 4.88. The lowest BCUT2D eigenvalue weighted by Gasteiger charge is -2.22. The third-order valence-corrected chi connectivity index (χ3v) is 3.11. The minimum Gasteiger partial charge on any atom is -0.466 e. The summed E-state index contributed by atoms with van der Waals surface area (Å²) in [4.78, 5) is 11.5. The standard InChI is InChI=1S/C11H10BCl2FO2/c1-17-10(16)11(15,4-5-12)7-2-3-8(13)9(14)6-7/h2-3,6H,4-5H2,1H3. The molecule has 0 amide bonds. The van der Waals surface area contributed by atoms with Gasteiger partial charge in [0.15, 0.2) is 0 Å². The Morgan fingerprint density at radius 2 is 2.12 bits per heavy atom. The van der Waals surface area contributed by atoms with E-state index in [1.54, 1.807) is 0 Å². The van der Waals surface area contributed by atoms with Gasteiger partial charge in [-0.25, -0.2) is 9.18 Å². The van der Waals surface area contributed by atoms with Gasteiger partial charge in [0.1, 0.15) is 0 Å². The van der Waals surface area contributed by atoms with Crippen molar-refractivity contribution in [2.45, 2.75) is 18.4 Å². The molecule has 0 fully saturated rings. The first-order valence-corrected chi connectivity index (χ1v) is 5.64. The van der Waals surface area contributed by atoms with E-state index in [4.69, 9.17) is 31.0 Å². The van der Waals surface area contributed by atoms with Crippen molar-refractivity contribution in [1.82, 2.24) is 0 Å². The highest BCUT2D eigenvalue weighted by Gasteiger charge is 2.41. The molecular formula is C11H10BCl2FO2. The maximum atomic E-state index is 14.6. The number of hydrogen-bond donors (Lipinski definition) is 0. The molecule has 17 heavy (non-hydrogen) atoms. The van der Waals surface area contributed by atoms with Crippen molar-refractivity contribution in [3.63, 3.8) is 0 Å². The van der Waals surface area contributed by atoms with Crippen LogP contribution in [0.2, 0.25) is 16.4 Å². The number of ether oxygens (including phenoxy) is 1. The third kappa shape index (κ3) is 2.93. The summed E-state index contributed by atoms with van der Waals surface area (Å²) in [5, 5.41) is 0.461. The van der Waals surface area contributed by atoms with Crippen molar-refractivity contribution < 1.29 is 13.9 Å². The van der Waals surface area contributed by atoms with E-state index in [0.717, 1.165) is 7.11 Å². The van der Waals surface area contributed by atoms with Gasteiger partial charge in [-0.1, -0.05) is 35.6 Å². The largest absolute Gasteiger partial charge is 0.466 e. The van der Waals surface area contributed by atoms with Crippen molar-refractivity contribution in [2.24, 2.45) is 0 Å². The van der Waals surface area contributed by atoms with Gasteiger partial charge < -0.3 is 4.74 Å². The number of esters is 1. The van der Waals surface area contributed by atoms with Crippen molar-refractivity contribution in [1.29, 1.82) is 0 Å². The summed E-state index contributed by atoms with van der Waals surface area (Å²) < 4.78 is 19.0. The number of benzene rings is 1. The summed E-state index contributed by atoms with van der Waals surface area (Å²) in [7, 11) is 6.42. The van der Waals surface area contributed by atoms with E-state index in [9.17, 15) is 9.18 Å². The van der Waals surface area contributed by atoms with E-state index in [1.165, 1.54) is 18.2 Å². The Labute approximate surface area is 110 Å². The van der Waals surface area contributed by atoms with Crippen molar-refractivity contribution in [3.8, 4) is 0 Å². The zero-order valence-electron chi connectivity index (χ0n) is 9.17. The van der Waals surface area contributed by atoms with Crippen molar-refractivity contribution in [2.75, 3.05) is 7.11 Å². The number of alkyl halides is 1. The van der Waals surface area contributed by atoms with Crippen LogP contribution < -0.4 is 0 Å². The van der Waals surface area contributed by atoms with Crippen LogP contribution in [0.3, 0.4) is 0 Å². The van der Waals surface area contributed by atoms with Gasteiger partial charge >= 0.3 is 5.97 Å². The fourth-order valence-electron chi connectivity index (χ4n) is 1.47. The lowest BCUT2D eigenvalue weighted by molar-refractivity contribution is -0.155. The van der Waals surface area contributed by atoms with Gasteiger partial charge in [-0.05, 0) is 18.6 Å². The number of rotatable bonds is 4. The summed E-state index contributed by atoms with van der Waals surface area (Å²) in [6.07, 6.45) is -0.177. The highest BCUT2D eigenvalue weighted by atomic mass is 35.5. The molecule has 0 saturated carbocycles. The highest BCUT2D eigenvalue weighted by molar-refractivity contribution is 6.42. The monoisotopic (exact) mass is 274 g/mol. The van der Waals surface area contributed by atoms with Crippen LogP contribution >= 0.6 is 23.2 Å². The maximum absolute atomic E-state index is 14.6. The van der Waals surface area contributed by atoms with Crippen molar-refractivity contribution >= 4 is 37.0 Å². The third-order valence-electron chi connectivity index (χ3n) is 2.37. The molecule has 2 nitrogen and oxygen atoms in total. The summed E-state index contributed by atoms with van der Waals surface area (Å²) in [6, 6.07) is 4.12. The Hall–Kier alpha value is -0.735. The summed E-state index contributed by atoms with van der Waals surface area (Å²) in [5.74, 6) is -0.999. The number of carbonyl (C=O) groups is 1. The van der Waals surface area contributed by atoms with E-state index in [0.29, 0.717) is 0 Å². The van der Waals surface area contributed by atoms with E-state index >= 15 is 0 Å². The topological polar surface area (TPSA) is 26.3 Å². The van der Waals surface area contributed by atoms with E-state index in [1.807, 2.05) is 0 Å². The Kier molecular flexibility index (Phi) is 4.84. The minimum absolute atomic E-state index is 0.00580. The van der Waals surface area contributed by atoms with Gasteiger partial charge in [0.25, 0.3) is 0 Å². The first kappa shape index (κ1) is 14.3. The average Bonchev–Trinajstić information content (AvgIpc) is 2.31. The molecule has 0 heterocycles. The van der Waals surface area contributed by atoms with Crippen LogP contribution in [0.5, 0.6) is 0 Å². The predicted octanol–water partition coefficient (Wildman–Crippen LogP) is 3.31. The molecule has 0 aliphatic carbocycles. The molecule has 0 aliphatic heterocycles. The summed E-state index contributed by atoms with van der Waals surface area (Å²) in [5.41, 5.74) is -2.21. The van der Waals surface area contributed by atoms with Crippen LogP contribution in [0.25, 0.3) is 0 Å². The number of carbonyl (C=O) groups excluding carboxylic acids is 1. The van der Waals surface area contributed by atoms with Crippen LogP contribution in [0.1, 0.15) is 12.0 Å². The normalized spacial score (nSPS) is 14.1. The molecule has 1 rings (SSSR count). The van der Waals surface area contributed by atoms with Gasteiger partial charge in [0, 0.05) is 5.56 Å². The van der Waals surface area contributed by atoms with Crippen LogP contribution in [0.4, 0.5) is 4.39 Å². The Balaban J connectivity index is 3.22. The molecule has 90 valence electrons. The van der Waals surface area contributed by atoms with Gasteiger partial charge in [0.05, 0.1) is 25.0 Å². The Bertz CT molecular complexity index is 428. The second-order valence-electron chi connectivity index (χ2n) is 3.46. The van der Waals surface area contributed by atoms with Gasteiger partial charge in [-0.2, -0.15) is 0 Å². The van der Waals surface area contributed by atoms with Crippen molar-refractivity contribution in [3.05, 3.63) is 33.8 Å². The lowest BCUT2D eigenvalue weighted by Crippen LogP contribution is -2.32. The molecule has 0 bridgehead atoms. The molecule has 6 heteroatoms. The van der Waals surface area contributed by atoms with Gasteiger partial charge in [-0.15, -0.1) is 0 Å². The molecule has 1 aromatic rings. The minimum atomic E-state index is -2.29. The lowest BCUT2D eigenvalue weighted by atomic mass is 9.86. The molecule has 1 aromatic carbocycles. The fraction of sp³-hybridized carbons (Fsp3) is 0.364. The Morgan fingerprint density at radius 1 is 1.47 bits per heavy atom. The van der Waals surface area contributed by atoms with Crippen LogP contribution in [0.15, 0.2) is 18.2 Å². The molecule has 0 aromatic heterocycles. The molecule has 0 spiro atoms. The SMILES string of the molecule is [B]CCC(F)(C(=O)OC)c1ccc(Cl)c(Cl)c1. The first-order chi connectivity index (χ1) is 7.95. The molecule has 1 atom stereocenters. The molecular weight excluding hydrogens is 265 g/mol. The van der Waals surface area contributed by atoms with Gasteiger partial charge in [0.2, 0.25) is 5.67 Å². The van der Waals surface area contributed by atoms with Crippen LogP contribution in [0, 0.1) is 0 Å². The van der Waals surface area contributed by atoms with E-state index in [2.05, 4.69) is 4.74 Å². The van der Waals surface area contributed by atoms with E-state index in [-0.39, 0.29) is 28.3 Å². The molecule has 0 aliphatic rings. The number of methoxy groups -OCH3 is 1. The molecule has 1 unspecified atom stereocenters. The summed E-state index contributed by atoms with van der Waals surface area (Å²) in [6.45, 7) is 0. The van der Waals surface area contributed by atoms with Crippen LogP contribution in [-0.4, -0.2) is 20.9 Å². The zero-order chi connectivity index (χ0) is 13.1. The number of halogens is 3. The zero-order valence-corrected chi connectivity index (χ0v) is 10.7. The van der Waals surface area contributed by atoms with E-state index < -0.39 is 11.6 Å². The molecule has 0 N–H and O–H groups in total. The second kappa shape index (κ2) is 5.74. The maximum Gasteiger partial charge on any atom is 0.348 e. The Morgan fingerprint density at radius 3 is 2.59 bits per heavy atom. The average molecular weight is 275 g/mol. The highest BCUT2D eigenvalue weighted by Crippen LogP contribution is 2.35. The number of hydrogen-bond acceptors (Lipinski definition) is 2. The smallest absolute Gasteiger partial charge is 0.348 e.